The standard InChI is InChI=1S/C14H12N2O3/c17-14(16-13-3-1-2-6-15-13)8-10-4-5-11-12(7-10)19-9-18-11/h1-7H,8-9H2,(H,15,16,17). The van der Waals surface area contributed by atoms with Crippen LogP contribution in [0.25, 0.3) is 0 Å². The number of nitrogens with one attached hydrogen (secondary N) is 1. The van der Waals surface area contributed by atoms with Crippen LogP contribution >= 0.6 is 0 Å². The number of anilines is 1. The first kappa shape index (κ1) is 11.5. The van der Waals surface area contributed by atoms with E-state index in [-0.39, 0.29) is 19.1 Å². The van der Waals surface area contributed by atoms with E-state index in [1.807, 2.05) is 24.3 Å². The summed E-state index contributed by atoms with van der Waals surface area (Å²) in [6.07, 6.45) is 1.91. The number of hydrogen-bond acceptors (Lipinski definition) is 4. The second-order valence-corrected chi connectivity index (χ2v) is 4.13. The quantitative estimate of drug-likeness (QED) is 0.912. The van der Waals surface area contributed by atoms with E-state index in [0.717, 1.165) is 5.56 Å². The number of hydrogen-bond donors (Lipinski definition) is 1. The minimum atomic E-state index is -0.113. The summed E-state index contributed by atoms with van der Waals surface area (Å²) < 4.78 is 10.5. The molecule has 3 rings (SSSR count). The molecule has 5 nitrogen and oxygen atoms in total. The van der Waals surface area contributed by atoms with Gasteiger partial charge in [-0.25, -0.2) is 4.98 Å². The van der Waals surface area contributed by atoms with Gasteiger partial charge in [0.1, 0.15) is 5.82 Å². The highest BCUT2D eigenvalue weighted by Crippen LogP contribution is 2.32. The maximum atomic E-state index is 11.9. The third kappa shape index (κ3) is 2.65. The molecule has 96 valence electrons. The highest BCUT2D eigenvalue weighted by molar-refractivity contribution is 5.91. The lowest BCUT2D eigenvalue weighted by Gasteiger charge is -2.05. The molecule has 0 bridgehead atoms. The van der Waals surface area contributed by atoms with Gasteiger partial charge < -0.3 is 14.8 Å². The summed E-state index contributed by atoms with van der Waals surface area (Å²) in [5, 5.41) is 2.74. The fraction of sp³-hybridized carbons (Fsp3) is 0.143. The molecule has 0 radical (unpaired) electrons. The summed E-state index contributed by atoms with van der Waals surface area (Å²) in [5.41, 5.74) is 0.873. The average molecular weight is 256 g/mol. The predicted molar refractivity (Wildman–Crippen MR) is 69.1 cm³/mol. The van der Waals surface area contributed by atoms with Crippen molar-refractivity contribution in [2.24, 2.45) is 0 Å². The number of aromatic nitrogens is 1. The number of carbonyl (C=O) groups excluding carboxylic acids is 1. The van der Waals surface area contributed by atoms with E-state index < -0.39 is 0 Å². The van der Waals surface area contributed by atoms with Gasteiger partial charge in [0.2, 0.25) is 12.7 Å². The van der Waals surface area contributed by atoms with Crippen molar-refractivity contribution in [3.8, 4) is 11.5 Å². The second-order valence-electron chi connectivity index (χ2n) is 4.13. The highest BCUT2D eigenvalue weighted by atomic mass is 16.7. The van der Waals surface area contributed by atoms with Crippen molar-refractivity contribution in [2.75, 3.05) is 12.1 Å². The van der Waals surface area contributed by atoms with Gasteiger partial charge in [0.25, 0.3) is 0 Å². The molecule has 1 aliphatic heterocycles. The van der Waals surface area contributed by atoms with Crippen molar-refractivity contribution in [3.63, 3.8) is 0 Å². The van der Waals surface area contributed by atoms with Crippen LogP contribution in [-0.4, -0.2) is 17.7 Å². The smallest absolute Gasteiger partial charge is 0.231 e. The van der Waals surface area contributed by atoms with Crippen molar-refractivity contribution in [1.29, 1.82) is 0 Å². The first-order chi connectivity index (χ1) is 9.31. The van der Waals surface area contributed by atoms with Gasteiger partial charge in [0.15, 0.2) is 11.5 Å². The maximum Gasteiger partial charge on any atom is 0.231 e. The lowest BCUT2D eigenvalue weighted by molar-refractivity contribution is -0.115. The molecule has 0 saturated carbocycles. The molecule has 2 heterocycles. The Labute approximate surface area is 110 Å². The van der Waals surface area contributed by atoms with Crippen molar-refractivity contribution in [1.82, 2.24) is 4.98 Å². The van der Waals surface area contributed by atoms with E-state index in [1.165, 1.54) is 0 Å². The van der Waals surface area contributed by atoms with Crippen molar-refractivity contribution in [2.45, 2.75) is 6.42 Å². The van der Waals surface area contributed by atoms with E-state index in [1.54, 1.807) is 18.3 Å². The molecule has 1 aliphatic rings. The zero-order chi connectivity index (χ0) is 13.1. The van der Waals surface area contributed by atoms with Crippen molar-refractivity contribution >= 4 is 11.7 Å². The number of pyridine rings is 1. The van der Waals surface area contributed by atoms with Crippen LogP contribution in [-0.2, 0) is 11.2 Å². The van der Waals surface area contributed by atoms with Crippen LogP contribution in [0.5, 0.6) is 11.5 Å². The summed E-state index contributed by atoms with van der Waals surface area (Å²) in [7, 11) is 0. The van der Waals surface area contributed by atoms with E-state index in [0.29, 0.717) is 17.3 Å². The Balaban J connectivity index is 1.66. The first-order valence-corrected chi connectivity index (χ1v) is 5.91. The minimum absolute atomic E-state index is 0.113. The molecule has 1 N–H and O–H groups in total. The van der Waals surface area contributed by atoms with Crippen LogP contribution in [0.2, 0.25) is 0 Å². The molecule has 0 unspecified atom stereocenters. The van der Waals surface area contributed by atoms with E-state index >= 15 is 0 Å². The van der Waals surface area contributed by atoms with Crippen LogP contribution in [0.15, 0.2) is 42.6 Å². The predicted octanol–water partition coefficient (Wildman–Crippen LogP) is 1.99. The summed E-state index contributed by atoms with van der Waals surface area (Å²) >= 11 is 0. The number of fused-ring (bicyclic) bond motifs is 1. The number of rotatable bonds is 3. The molecule has 1 aromatic carbocycles. The number of benzene rings is 1. The third-order valence-electron chi connectivity index (χ3n) is 2.73. The topological polar surface area (TPSA) is 60.5 Å². The molecule has 0 aliphatic carbocycles. The third-order valence-corrected chi connectivity index (χ3v) is 2.73. The second kappa shape index (κ2) is 4.97. The normalized spacial score (nSPS) is 12.2. The van der Waals surface area contributed by atoms with Crippen LogP contribution in [0.3, 0.4) is 0 Å². The van der Waals surface area contributed by atoms with Crippen LogP contribution < -0.4 is 14.8 Å². The number of nitrogens with zero attached hydrogens (tertiary/aromatic N) is 1. The highest BCUT2D eigenvalue weighted by Gasteiger charge is 2.14. The Morgan fingerprint density at radius 2 is 2.11 bits per heavy atom. The summed E-state index contributed by atoms with van der Waals surface area (Å²) in [4.78, 5) is 15.9. The number of carbonyl (C=O) groups is 1. The zero-order valence-electron chi connectivity index (χ0n) is 10.1. The molecule has 1 aromatic heterocycles. The van der Waals surface area contributed by atoms with Crippen LogP contribution in [0.1, 0.15) is 5.56 Å². The van der Waals surface area contributed by atoms with E-state index in [2.05, 4.69) is 10.3 Å². The number of ether oxygens (including phenoxy) is 2. The van der Waals surface area contributed by atoms with Gasteiger partial charge in [-0.1, -0.05) is 12.1 Å². The van der Waals surface area contributed by atoms with E-state index in [9.17, 15) is 4.79 Å². The number of amides is 1. The van der Waals surface area contributed by atoms with Gasteiger partial charge in [-0.05, 0) is 29.8 Å². The monoisotopic (exact) mass is 256 g/mol. The Bertz CT molecular complexity index is 599. The van der Waals surface area contributed by atoms with Crippen molar-refractivity contribution in [3.05, 3.63) is 48.2 Å². The summed E-state index contributed by atoms with van der Waals surface area (Å²) in [5.74, 6) is 1.84. The van der Waals surface area contributed by atoms with Gasteiger partial charge in [-0.15, -0.1) is 0 Å². The summed E-state index contributed by atoms with van der Waals surface area (Å²) in [6, 6.07) is 10.9. The molecule has 1 amide bonds. The Morgan fingerprint density at radius 3 is 2.95 bits per heavy atom. The molecular formula is C14H12N2O3. The molecule has 5 heteroatoms. The average Bonchev–Trinajstić information content (AvgIpc) is 2.87. The molecule has 0 fully saturated rings. The Kier molecular flexibility index (Phi) is 3.02. The molecule has 2 aromatic rings. The van der Waals surface area contributed by atoms with Crippen LogP contribution in [0, 0.1) is 0 Å². The van der Waals surface area contributed by atoms with Crippen LogP contribution in [0.4, 0.5) is 5.82 Å². The first-order valence-electron chi connectivity index (χ1n) is 5.91. The fourth-order valence-electron chi connectivity index (χ4n) is 1.86. The van der Waals surface area contributed by atoms with Gasteiger partial charge >= 0.3 is 0 Å². The molecule has 0 spiro atoms. The van der Waals surface area contributed by atoms with Gasteiger partial charge in [-0.3, -0.25) is 4.79 Å². The van der Waals surface area contributed by atoms with Gasteiger partial charge in [-0.2, -0.15) is 0 Å². The fourth-order valence-corrected chi connectivity index (χ4v) is 1.86. The minimum Gasteiger partial charge on any atom is -0.454 e. The van der Waals surface area contributed by atoms with Gasteiger partial charge in [0.05, 0.1) is 6.42 Å². The molecular weight excluding hydrogens is 244 g/mol. The zero-order valence-corrected chi connectivity index (χ0v) is 10.1. The maximum absolute atomic E-state index is 11.9. The molecule has 0 saturated heterocycles. The Hall–Kier alpha value is -2.56. The SMILES string of the molecule is O=C(Cc1ccc2c(c1)OCO2)Nc1ccccn1. The van der Waals surface area contributed by atoms with Crippen molar-refractivity contribution < 1.29 is 14.3 Å². The van der Waals surface area contributed by atoms with E-state index in [4.69, 9.17) is 9.47 Å². The molecule has 19 heavy (non-hydrogen) atoms. The Morgan fingerprint density at radius 1 is 1.21 bits per heavy atom. The lowest BCUT2D eigenvalue weighted by Crippen LogP contribution is -2.15. The molecule has 0 atom stereocenters. The van der Waals surface area contributed by atoms with Gasteiger partial charge in [0, 0.05) is 6.20 Å². The summed E-state index contributed by atoms with van der Waals surface area (Å²) in [6.45, 7) is 0.235. The largest absolute Gasteiger partial charge is 0.454 e. The lowest BCUT2D eigenvalue weighted by atomic mass is 10.1.